The molecule has 0 radical (unpaired) electrons. The van der Waals surface area contributed by atoms with Crippen molar-refractivity contribution in [3.05, 3.63) is 28.8 Å². The lowest BCUT2D eigenvalue weighted by Crippen LogP contribution is -1.96. The number of hydrogen-bond acceptors (Lipinski definition) is 3. The lowest BCUT2D eigenvalue weighted by molar-refractivity contribution is 0.0697. The molecule has 0 aliphatic carbocycles. The number of rotatable bonds is 1. The highest BCUT2D eigenvalue weighted by atomic mass is 35.5. The average molecular weight is 228 g/mol. The first-order valence-corrected chi connectivity index (χ1v) is 4.99. The summed E-state index contributed by atoms with van der Waals surface area (Å²) >= 11 is 7.14. The first-order valence-electron chi connectivity index (χ1n) is 3.80. The predicted molar refractivity (Wildman–Crippen MR) is 58.2 cm³/mol. The molecule has 72 valence electrons. The third-order valence-corrected chi connectivity index (χ3v) is 3.10. The molecule has 2 aromatic rings. The van der Waals surface area contributed by atoms with E-state index in [4.69, 9.17) is 22.4 Å². The van der Waals surface area contributed by atoms with Crippen molar-refractivity contribution in [2.45, 2.75) is 0 Å². The highest BCUT2D eigenvalue weighted by molar-refractivity contribution is 7.22. The third kappa shape index (κ3) is 1.42. The Bertz CT molecular complexity index is 521. The zero-order valence-electron chi connectivity index (χ0n) is 6.95. The molecule has 14 heavy (non-hydrogen) atoms. The Kier molecular flexibility index (Phi) is 2.09. The molecule has 3 nitrogen and oxygen atoms in total. The van der Waals surface area contributed by atoms with E-state index in [-0.39, 0.29) is 10.6 Å². The van der Waals surface area contributed by atoms with Crippen molar-refractivity contribution in [1.29, 1.82) is 0 Å². The number of carboxylic acid groups (broad SMARTS) is 1. The number of fused-ring (bicyclic) bond motifs is 1. The first-order chi connectivity index (χ1) is 6.58. The largest absolute Gasteiger partial charge is 0.478 e. The topological polar surface area (TPSA) is 63.3 Å². The van der Waals surface area contributed by atoms with Crippen LogP contribution in [-0.4, -0.2) is 11.1 Å². The fourth-order valence-electron chi connectivity index (χ4n) is 1.24. The quantitative estimate of drug-likeness (QED) is 0.788. The van der Waals surface area contributed by atoms with Gasteiger partial charge in [-0.25, -0.2) is 4.79 Å². The number of carboxylic acids is 1. The number of aromatic carboxylic acids is 1. The summed E-state index contributed by atoms with van der Waals surface area (Å²) in [5, 5.41) is 10.6. The first kappa shape index (κ1) is 9.30. The molecular weight excluding hydrogens is 222 g/mol. The molecule has 0 atom stereocenters. The summed E-state index contributed by atoms with van der Waals surface area (Å²) in [6.07, 6.45) is 0. The molecule has 1 aromatic heterocycles. The van der Waals surface area contributed by atoms with E-state index in [2.05, 4.69) is 0 Å². The van der Waals surface area contributed by atoms with E-state index in [1.165, 1.54) is 11.3 Å². The minimum Gasteiger partial charge on any atom is -0.478 e. The number of hydrogen-bond donors (Lipinski definition) is 2. The van der Waals surface area contributed by atoms with Crippen molar-refractivity contribution in [2.24, 2.45) is 0 Å². The van der Waals surface area contributed by atoms with Gasteiger partial charge in [-0.1, -0.05) is 11.6 Å². The molecule has 0 amide bonds. The number of nitrogen functional groups attached to an aromatic ring is 1. The van der Waals surface area contributed by atoms with Gasteiger partial charge in [0.05, 0.1) is 15.6 Å². The van der Waals surface area contributed by atoms with E-state index in [9.17, 15) is 4.79 Å². The number of thiophene rings is 1. The average Bonchev–Trinajstić information content (AvgIpc) is 2.42. The second-order valence-electron chi connectivity index (χ2n) is 2.82. The van der Waals surface area contributed by atoms with E-state index < -0.39 is 5.97 Å². The highest BCUT2D eigenvalue weighted by Gasteiger charge is 2.11. The molecule has 0 unspecified atom stereocenters. The summed E-state index contributed by atoms with van der Waals surface area (Å²) in [6.45, 7) is 0. The van der Waals surface area contributed by atoms with Gasteiger partial charge < -0.3 is 10.8 Å². The second-order valence-corrected chi connectivity index (χ2v) is 4.35. The van der Waals surface area contributed by atoms with Crippen LogP contribution >= 0.6 is 22.9 Å². The SMILES string of the molecule is Nc1cc2cc(Cl)c(C(=O)O)cc2s1. The molecule has 0 saturated carbocycles. The fourth-order valence-corrected chi connectivity index (χ4v) is 2.35. The maximum absolute atomic E-state index is 10.8. The summed E-state index contributed by atoms with van der Waals surface area (Å²) in [4.78, 5) is 10.8. The summed E-state index contributed by atoms with van der Waals surface area (Å²) in [5.41, 5.74) is 5.71. The van der Waals surface area contributed by atoms with Gasteiger partial charge in [-0.05, 0) is 23.6 Å². The number of halogens is 1. The number of anilines is 1. The molecule has 0 bridgehead atoms. The van der Waals surface area contributed by atoms with Crippen LogP contribution in [0.3, 0.4) is 0 Å². The van der Waals surface area contributed by atoms with E-state index in [0.717, 1.165) is 10.1 Å². The van der Waals surface area contributed by atoms with Crippen LogP contribution in [0.1, 0.15) is 10.4 Å². The van der Waals surface area contributed by atoms with Gasteiger partial charge in [-0.2, -0.15) is 0 Å². The van der Waals surface area contributed by atoms with Crippen LogP contribution in [0.25, 0.3) is 10.1 Å². The molecule has 0 saturated heterocycles. The summed E-state index contributed by atoms with van der Waals surface area (Å²) < 4.78 is 0.837. The van der Waals surface area contributed by atoms with Crippen LogP contribution in [0.2, 0.25) is 5.02 Å². The predicted octanol–water partition coefficient (Wildman–Crippen LogP) is 2.84. The minimum atomic E-state index is -1.02. The number of carbonyl (C=O) groups is 1. The Balaban J connectivity index is 2.76. The van der Waals surface area contributed by atoms with Crippen molar-refractivity contribution in [3.8, 4) is 0 Å². The van der Waals surface area contributed by atoms with Crippen molar-refractivity contribution >= 4 is 44.0 Å². The van der Waals surface area contributed by atoms with Crippen LogP contribution < -0.4 is 5.73 Å². The molecule has 0 spiro atoms. The zero-order valence-corrected chi connectivity index (χ0v) is 8.52. The van der Waals surface area contributed by atoms with Gasteiger partial charge in [0.25, 0.3) is 0 Å². The smallest absolute Gasteiger partial charge is 0.337 e. The number of nitrogens with two attached hydrogens (primary N) is 1. The van der Waals surface area contributed by atoms with E-state index in [0.29, 0.717) is 5.00 Å². The Morgan fingerprint density at radius 3 is 2.79 bits per heavy atom. The third-order valence-electron chi connectivity index (χ3n) is 1.86. The summed E-state index contributed by atoms with van der Waals surface area (Å²) in [7, 11) is 0. The molecular formula is C9H6ClNO2S. The molecule has 5 heteroatoms. The molecule has 3 N–H and O–H groups in total. The Hall–Kier alpha value is -1.26. The standard InChI is InChI=1S/C9H6ClNO2S/c10-6-1-4-2-8(11)14-7(4)3-5(6)9(12)13/h1-3H,11H2,(H,12,13). The van der Waals surface area contributed by atoms with Gasteiger partial charge in [0.2, 0.25) is 0 Å². The van der Waals surface area contributed by atoms with Crippen molar-refractivity contribution in [3.63, 3.8) is 0 Å². The van der Waals surface area contributed by atoms with Crippen LogP contribution in [-0.2, 0) is 0 Å². The van der Waals surface area contributed by atoms with Crippen LogP contribution in [0.5, 0.6) is 0 Å². The minimum absolute atomic E-state index is 0.112. The van der Waals surface area contributed by atoms with Gasteiger partial charge in [-0.15, -0.1) is 11.3 Å². The summed E-state index contributed by atoms with van der Waals surface area (Å²) in [6, 6.07) is 4.94. The maximum Gasteiger partial charge on any atom is 0.337 e. The summed E-state index contributed by atoms with van der Waals surface area (Å²) in [5.74, 6) is -1.02. The highest BCUT2D eigenvalue weighted by Crippen LogP contribution is 2.31. The zero-order chi connectivity index (χ0) is 10.3. The van der Waals surface area contributed by atoms with Gasteiger partial charge in [0.15, 0.2) is 0 Å². The normalized spacial score (nSPS) is 10.6. The second kappa shape index (κ2) is 3.15. The van der Waals surface area contributed by atoms with Gasteiger partial charge in [-0.3, -0.25) is 0 Å². The van der Waals surface area contributed by atoms with Crippen molar-refractivity contribution < 1.29 is 9.90 Å². The van der Waals surface area contributed by atoms with Gasteiger partial charge in [0, 0.05) is 4.70 Å². The molecule has 0 aliphatic rings. The molecule has 0 aliphatic heterocycles. The van der Waals surface area contributed by atoms with E-state index in [1.807, 2.05) is 0 Å². The van der Waals surface area contributed by atoms with E-state index in [1.54, 1.807) is 18.2 Å². The van der Waals surface area contributed by atoms with Crippen LogP contribution in [0.15, 0.2) is 18.2 Å². The van der Waals surface area contributed by atoms with Crippen LogP contribution in [0, 0.1) is 0 Å². The molecule has 1 heterocycles. The van der Waals surface area contributed by atoms with Gasteiger partial charge in [0.1, 0.15) is 0 Å². The molecule has 0 fully saturated rings. The Labute approximate surface area is 88.7 Å². The van der Waals surface area contributed by atoms with Gasteiger partial charge >= 0.3 is 5.97 Å². The lowest BCUT2D eigenvalue weighted by atomic mass is 10.2. The maximum atomic E-state index is 10.8. The van der Waals surface area contributed by atoms with Crippen molar-refractivity contribution in [1.82, 2.24) is 0 Å². The molecule has 2 rings (SSSR count). The number of benzene rings is 1. The fraction of sp³-hybridized carbons (Fsp3) is 0. The lowest BCUT2D eigenvalue weighted by Gasteiger charge is -1.97. The van der Waals surface area contributed by atoms with E-state index >= 15 is 0 Å². The Morgan fingerprint density at radius 1 is 1.43 bits per heavy atom. The Morgan fingerprint density at radius 2 is 2.14 bits per heavy atom. The van der Waals surface area contributed by atoms with Crippen LogP contribution in [0.4, 0.5) is 5.00 Å². The molecule has 1 aromatic carbocycles. The van der Waals surface area contributed by atoms with Crippen molar-refractivity contribution in [2.75, 3.05) is 5.73 Å². The monoisotopic (exact) mass is 227 g/mol.